The summed E-state index contributed by atoms with van der Waals surface area (Å²) in [6.45, 7) is 3.89. The fourth-order valence-electron chi connectivity index (χ4n) is 3.67. The number of amides is 1. The molecule has 1 N–H and O–H groups in total. The first-order valence-electron chi connectivity index (χ1n) is 10.6. The van der Waals surface area contributed by atoms with E-state index in [2.05, 4.69) is 5.32 Å². The van der Waals surface area contributed by atoms with Crippen LogP contribution < -0.4 is 10.7 Å². The molecule has 0 atom stereocenters. The van der Waals surface area contributed by atoms with Crippen molar-refractivity contribution < 1.29 is 23.2 Å². The van der Waals surface area contributed by atoms with Gasteiger partial charge in [0.2, 0.25) is 5.43 Å². The Bertz CT molecular complexity index is 1610. The topological polar surface area (TPSA) is 98.8 Å². The third-order valence-corrected chi connectivity index (χ3v) is 6.26. The third kappa shape index (κ3) is 3.78. The van der Waals surface area contributed by atoms with Gasteiger partial charge < -0.3 is 18.9 Å². The third-order valence-electron chi connectivity index (χ3n) is 5.36. The van der Waals surface area contributed by atoms with E-state index >= 15 is 0 Å². The van der Waals surface area contributed by atoms with Crippen LogP contribution in [0.25, 0.3) is 33.3 Å². The number of anilines is 1. The van der Waals surface area contributed by atoms with E-state index in [0.717, 1.165) is 11.1 Å². The first-order valence-corrected chi connectivity index (χ1v) is 11.5. The smallest absolute Gasteiger partial charge is 0.341 e. The Morgan fingerprint density at radius 2 is 1.79 bits per heavy atom. The predicted octanol–water partition coefficient (Wildman–Crippen LogP) is 6.01. The second kappa shape index (κ2) is 8.64. The van der Waals surface area contributed by atoms with Crippen molar-refractivity contribution >= 4 is 50.3 Å². The van der Waals surface area contributed by atoms with Gasteiger partial charge in [-0.25, -0.2) is 4.79 Å². The highest BCUT2D eigenvalue weighted by atomic mass is 32.1. The molecular formula is C26H19NO6S. The molecule has 170 valence electrons. The van der Waals surface area contributed by atoms with Crippen LogP contribution >= 0.6 is 11.3 Å². The molecule has 0 aliphatic carbocycles. The van der Waals surface area contributed by atoms with E-state index in [-0.39, 0.29) is 34.5 Å². The summed E-state index contributed by atoms with van der Waals surface area (Å²) in [7, 11) is 0. The molecule has 3 heterocycles. The van der Waals surface area contributed by atoms with E-state index in [4.69, 9.17) is 13.6 Å². The number of rotatable bonds is 5. The van der Waals surface area contributed by atoms with Crippen molar-refractivity contribution in [1.29, 1.82) is 0 Å². The number of para-hydroxylation sites is 1. The van der Waals surface area contributed by atoms with Crippen LogP contribution in [0.1, 0.15) is 33.4 Å². The van der Waals surface area contributed by atoms with Crippen LogP contribution in [-0.4, -0.2) is 18.5 Å². The second-order valence-corrected chi connectivity index (χ2v) is 8.51. The normalized spacial score (nSPS) is 11.1. The number of hydrogen-bond acceptors (Lipinski definition) is 7. The molecule has 0 saturated heterocycles. The molecule has 7 nitrogen and oxygen atoms in total. The maximum atomic E-state index is 13.0. The van der Waals surface area contributed by atoms with E-state index in [9.17, 15) is 14.4 Å². The first kappa shape index (κ1) is 21.7. The Hall–Kier alpha value is -4.17. The summed E-state index contributed by atoms with van der Waals surface area (Å²) in [5.74, 6) is -1.29. The summed E-state index contributed by atoms with van der Waals surface area (Å²) in [4.78, 5) is 38.6. The van der Waals surface area contributed by atoms with Crippen LogP contribution in [0.2, 0.25) is 0 Å². The Kier molecular flexibility index (Phi) is 5.51. The number of carbonyl (C=O) groups excluding carboxylic acids is 2. The zero-order valence-electron chi connectivity index (χ0n) is 18.3. The number of esters is 1. The molecule has 0 aliphatic heterocycles. The molecule has 0 spiro atoms. The number of carbonyl (C=O) groups is 2. The summed E-state index contributed by atoms with van der Waals surface area (Å²) in [6.07, 6.45) is 0. The number of benzene rings is 2. The van der Waals surface area contributed by atoms with Gasteiger partial charge >= 0.3 is 11.7 Å². The van der Waals surface area contributed by atoms with Gasteiger partial charge in [-0.15, -0.1) is 11.3 Å². The minimum atomic E-state index is -0.613. The molecule has 2 aromatic carbocycles. The van der Waals surface area contributed by atoms with Crippen molar-refractivity contribution in [3.63, 3.8) is 0 Å². The average Bonchev–Trinajstić information content (AvgIpc) is 3.45. The molecule has 34 heavy (non-hydrogen) atoms. The van der Waals surface area contributed by atoms with Crippen molar-refractivity contribution in [2.24, 2.45) is 0 Å². The van der Waals surface area contributed by atoms with E-state index < -0.39 is 11.9 Å². The van der Waals surface area contributed by atoms with Crippen LogP contribution in [0.5, 0.6) is 0 Å². The Labute approximate surface area is 197 Å². The van der Waals surface area contributed by atoms with Crippen LogP contribution in [0, 0.1) is 6.92 Å². The second-order valence-electron chi connectivity index (χ2n) is 7.63. The van der Waals surface area contributed by atoms with Crippen molar-refractivity contribution in [3.8, 4) is 11.1 Å². The maximum Gasteiger partial charge on any atom is 0.341 e. The van der Waals surface area contributed by atoms with Gasteiger partial charge in [0.05, 0.1) is 12.0 Å². The Morgan fingerprint density at radius 1 is 1.03 bits per heavy atom. The molecule has 3 aromatic heterocycles. The van der Waals surface area contributed by atoms with Crippen LogP contribution in [0.4, 0.5) is 5.00 Å². The lowest BCUT2D eigenvalue weighted by Crippen LogP contribution is -2.14. The summed E-state index contributed by atoms with van der Waals surface area (Å²) in [5.41, 5.74) is 2.92. The number of aryl methyl sites for hydroxylation is 1. The van der Waals surface area contributed by atoms with Gasteiger partial charge in [0, 0.05) is 17.0 Å². The Morgan fingerprint density at radius 3 is 2.56 bits per heavy atom. The summed E-state index contributed by atoms with van der Waals surface area (Å²) < 4.78 is 16.5. The van der Waals surface area contributed by atoms with Crippen molar-refractivity contribution in [3.05, 3.63) is 87.1 Å². The van der Waals surface area contributed by atoms with Crippen molar-refractivity contribution in [2.45, 2.75) is 13.8 Å². The fourth-order valence-corrected chi connectivity index (χ4v) is 4.63. The highest BCUT2D eigenvalue weighted by Crippen LogP contribution is 2.37. The van der Waals surface area contributed by atoms with Crippen molar-refractivity contribution in [1.82, 2.24) is 0 Å². The highest BCUT2D eigenvalue weighted by Gasteiger charge is 2.25. The first-order chi connectivity index (χ1) is 16.5. The van der Waals surface area contributed by atoms with Gasteiger partial charge in [0.1, 0.15) is 21.5 Å². The molecule has 8 heteroatoms. The molecular weight excluding hydrogens is 454 g/mol. The quantitative estimate of drug-likeness (QED) is 0.314. The van der Waals surface area contributed by atoms with Gasteiger partial charge in [-0.1, -0.05) is 42.0 Å². The Balaban J connectivity index is 1.53. The number of hydrogen-bond donors (Lipinski definition) is 1. The molecule has 0 aliphatic rings. The minimum absolute atomic E-state index is 0.0361. The van der Waals surface area contributed by atoms with E-state index in [0.29, 0.717) is 21.5 Å². The molecule has 0 radical (unpaired) electrons. The van der Waals surface area contributed by atoms with Gasteiger partial charge in [-0.05, 0) is 31.5 Å². The monoisotopic (exact) mass is 473 g/mol. The molecule has 5 rings (SSSR count). The zero-order valence-corrected chi connectivity index (χ0v) is 19.2. The van der Waals surface area contributed by atoms with Gasteiger partial charge in [0.25, 0.3) is 5.91 Å². The standard InChI is InChI=1S/C26H19NO6S/c1-3-31-25(30)21-18(15-10-8-14(2)9-11-15)13-34-24(21)27-23(29)20-12-17-22(28)16-6-4-5-7-19(16)32-26(17)33-20/h4-13H,3H2,1-2H3,(H,27,29). The summed E-state index contributed by atoms with van der Waals surface area (Å²) >= 11 is 1.20. The van der Waals surface area contributed by atoms with Crippen LogP contribution in [0.3, 0.4) is 0 Å². The van der Waals surface area contributed by atoms with Gasteiger partial charge in [-0.2, -0.15) is 0 Å². The fraction of sp³-hybridized carbons (Fsp3) is 0.115. The van der Waals surface area contributed by atoms with Gasteiger partial charge in [-0.3, -0.25) is 9.59 Å². The summed E-state index contributed by atoms with van der Waals surface area (Å²) in [5, 5.41) is 5.41. The molecule has 0 unspecified atom stereocenters. The lowest BCUT2D eigenvalue weighted by Gasteiger charge is -2.08. The maximum absolute atomic E-state index is 13.0. The summed E-state index contributed by atoms with van der Waals surface area (Å²) in [6, 6.07) is 15.8. The molecule has 0 bridgehead atoms. The van der Waals surface area contributed by atoms with E-state index in [1.54, 1.807) is 36.6 Å². The number of furan rings is 1. The number of ether oxygens (including phenoxy) is 1. The number of nitrogens with one attached hydrogen (secondary N) is 1. The van der Waals surface area contributed by atoms with Crippen LogP contribution in [-0.2, 0) is 4.74 Å². The SMILES string of the molecule is CCOC(=O)c1c(-c2ccc(C)cc2)csc1NC(=O)c1cc2c(=O)c3ccccc3oc2o1. The van der Waals surface area contributed by atoms with Gasteiger partial charge in [0.15, 0.2) is 5.76 Å². The largest absolute Gasteiger partial charge is 0.462 e. The molecule has 5 aromatic rings. The molecule has 0 fully saturated rings. The number of fused-ring (bicyclic) bond motifs is 2. The lowest BCUT2D eigenvalue weighted by molar-refractivity contribution is 0.0529. The predicted molar refractivity (Wildman–Crippen MR) is 131 cm³/mol. The minimum Gasteiger partial charge on any atom is -0.462 e. The average molecular weight is 474 g/mol. The van der Waals surface area contributed by atoms with E-state index in [1.165, 1.54) is 17.4 Å². The molecule has 0 saturated carbocycles. The number of thiophene rings is 1. The highest BCUT2D eigenvalue weighted by molar-refractivity contribution is 7.15. The van der Waals surface area contributed by atoms with Crippen LogP contribution in [0.15, 0.2) is 73.6 Å². The van der Waals surface area contributed by atoms with E-state index in [1.807, 2.05) is 31.2 Å². The zero-order chi connectivity index (χ0) is 23.8. The lowest BCUT2D eigenvalue weighted by atomic mass is 10.0. The molecule has 1 amide bonds. The van der Waals surface area contributed by atoms with Crippen molar-refractivity contribution in [2.75, 3.05) is 11.9 Å².